The van der Waals surface area contributed by atoms with Gasteiger partial charge in [-0.3, -0.25) is 4.98 Å². The first-order valence-corrected chi connectivity index (χ1v) is 7.44. The summed E-state index contributed by atoms with van der Waals surface area (Å²) in [7, 11) is 0. The van der Waals surface area contributed by atoms with Crippen LogP contribution in [0, 0.1) is 20.8 Å². The number of ether oxygens (including phenoxy) is 1. The Morgan fingerprint density at radius 1 is 1.05 bits per heavy atom. The molecule has 0 spiro atoms. The molecule has 0 amide bonds. The van der Waals surface area contributed by atoms with Crippen molar-refractivity contribution < 1.29 is 4.74 Å². The Balaban J connectivity index is 2.19. The van der Waals surface area contributed by atoms with E-state index in [0.29, 0.717) is 11.9 Å². The molecule has 0 aliphatic heterocycles. The lowest BCUT2D eigenvalue weighted by Crippen LogP contribution is -2.03. The number of hydrogen-bond donors (Lipinski definition) is 0. The standard InChI is InChI=1S/C16H18BrNO/c1-11-5-4-6-12(2)14(11)10-19-16-8-7-13(3)18-15(16)9-17/h4-8H,9-10H2,1-3H3. The van der Waals surface area contributed by atoms with Crippen molar-refractivity contribution in [3.63, 3.8) is 0 Å². The molecule has 0 saturated carbocycles. The Hall–Kier alpha value is -1.35. The molecule has 100 valence electrons. The Morgan fingerprint density at radius 3 is 2.37 bits per heavy atom. The maximum absolute atomic E-state index is 5.94. The summed E-state index contributed by atoms with van der Waals surface area (Å²) in [6, 6.07) is 10.3. The minimum Gasteiger partial charge on any atom is -0.487 e. The van der Waals surface area contributed by atoms with Gasteiger partial charge in [-0.15, -0.1) is 0 Å². The highest BCUT2D eigenvalue weighted by Gasteiger charge is 2.07. The number of aromatic nitrogens is 1. The highest BCUT2D eigenvalue weighted by Crippen LogP contribution is 2.22. The number of nitrogens with zero attached hydrogens (tertiary/aromatic N) is 1. The highest BCUT2D eigenvalue weighted by molar-refractivity contribution is 9.08. The van der Waals surface area contributed by atoms with E-state index in [1.807, 2.05) is 19.1 Å². The third-order valence-electron chi connectivity index (χ3n) is 3.21. The van der Waals surface area contributed by atoms with Crippen LogP contribution in [0.3, 0.4) is 0 Å². The molecule has 3 heteroatoms. The van der Waals surface area contributed by atoms with E-state index in [-0.39, 0.29) is 0 Å². The van der Waals surface area contributed by atoms with Gasteiger partial charge in [-0.25, -0.2) is 0 Å². The molecular formula is C16H18BrNO. The number of hydrogen-bond acceptors (Lipinski definition) is 2. The van der Waals surface area contributed by atoms with Gasteiger partial charge in [0.1, 0.15) is 12.4 Å². The van der Waals surface area contributed by atoms with E-state index in [0.717, 1.165) is 17.1 Å². The SMILES string of the molecule is Cc1ccc(OCc2c(C)cccc2C)c(CBr)n1. The van der Waals surface area contributed by atoms with E-state index in [4.69, 9.17) is 4.74 Å². The maximum atomic E-state index is 5.94. The van der Waals surface area contributed by atoms with Crippen LogP contribution in [0.15, 0.2) is 30.3 Å². The zero-order chi connectivity index (χ0) is 13.8. The molecule has 0 N–H and O–H groups in total. The van der Waals surface area contributed by atoms with Gasteiger partial charge >= 0.3 is 0 Å². The van der Waals surface area contributed by atoms with Crippen molar-refractivity contribution in [1.29, 1.82) is 0 Å². The summed E-state index contributed by atoms with van der Waals surface area (Å²) in [6.07, 6.45) is 0. The second-order valence-corrected chi connectivity index (χ2v) is 5.25. The molecule has 0 aliphatic rings. The number of pyridine rings is 1. The summed E-state index contributed by atoms with van der Waals surface area (Å²) in [5, 5.41) is 0.705. The van der Waals surface area contributed by atoms with Crippen LogP contribution in [0.4, 0.5) is 0 Å². The number of aryl methyl sites for hydroxylation is 3. The smallest absolute Gasteiger partial charge is 0.142 e. The van der Waals surface area contributed by atoms with Gasteiger partial charge in [0.15, 0.2) is 0 Å². The van der Waals surface area contributed by atoms with Crippen LogP contribution < -0.4 is 4.74 Å². The minimum atomic E-state index is 0.587. The maximum Gasteiger partial charge on any atom is 0.142 e. The molecular weight excluding hydrogens is 302 g/mol. The minimum absolute atomic E-state index is 0.587. The van der Waals surface area contributed by atoms with Crippen LogP contribution in [-0.2, 0) is 11.9 Å². The van der Waals surface area contributed by atoms with E-state index in [1.165, 1.54) is 16.7 Å². The normalized spacial score (nSPS) is 10.5. The molecule has 2 rings (SSSR count). The summed E-state index contributed by atoms with van der Waals surface area (Å²) < 4.78 is 5.94. The van der Waals surface area contributed by atoms with Crippen molar-refractivity contribution in [2.75, 3.05) is 0 Å². The van der Waals surface area contributed by atoms with Gasteiger partial charge in [0.25, 0.3) is 0 Å². The zero-order valence-electron chi connectivity index (χ0n) is 11.5. The van der Waals surface area contributed by atoms with E-state index < -0.39 is 0 Å². The fraction of sp³-hybridized carbons (Fsp3) is 0.312. The number of alkyl halides is 1. The average Bonchev–Trinajstić information content (AvgIpc) is 2.39. The van der Waals surface area contributed by atoms with Gasteiger partial charge in [-0.2, -0.15) is 0 Å². The molecule has 1 aromatic carbocycles. The number of rotatable bonds is 4. The summed E-state index contributed by atoms with van der Waals surface area (Å²) in [5.74, 6) is 0.852. The molecule has 0 aliphatic carbocycles. The molecule has 1 aromatic heterocycles. The van der Waals surface area contributed by atoms with Gasteiger partial charge in [0.2, 0.25) is 0 Å². The predicted molar refractivity (Wildman–Crippen MR) is 81.9 cm³/mol. The lowest BCUT2D eigenvalue weighted by atomic mass is 10.0. The molecule has 19 heavy (non-hydrogen) atoms. The van der Waals surface area contributed by atoms with Crippen molar-refractivity contribution >= 4 is 15.9 Å². The van der Waals surface area contributed by atoms with E-state index in [2.05, 4.69) is 53.0 Å². The molecule has 0 saturated heterocycles. The lowest BCUT2D eigenvalue weighted by molar-refractivity contribution is 0.300. The molecule has 1 heterocycles. The first kappa shape index (κ1) is 14.1. The van der Waals surface area contributed by atoms with E-state index in [9.17, 15) is 0 Å². The predicted octanol–water partition coefficient (Wildman–Crippen LogP) is 4.48. The first-order valence-electron chi connectivity index (χ1n) is 6.32. The van der Waals surface area contributed by atoms with Crippen LogP contribution in [0.25, 0.3) is 0 Å². The summed E-state index contributed by atoms with van der Waals surface area (Å²) >= 11 is 3.46. The molecule has 2 aromatic rings. The Morgan fingerprint density at radius 2 is 1.74 bits per heavy atom. The Kier molecular flexibility index (Phi) is 4.59. The quantitative estimate of drug-likeness (QED) is 0.775. The van der Waals surface area contributed by atoms with Crippen LogP contribution in [-0.4, -0.2) is 4.98 Å². The zero-order valence-corrected chi connectivity index (χ0v) is 13.1. The van der Waals surface area contributed by atoms with Crippen molar-refractivity contribution in [2.45, 2.75) is 32.7 Å². The summed E-state index contributed by atoms with van der Waals surface area (Å²) in [5.41, 5.74) is 5.74. The van der Waals surface area contributed by atoms with Gasteiger partial charge < -0.3 is 4.74 Å². The van der Waals surface area contributed by atoms with Crippen molar-refractivity contribution in [1.82, 2.24) is 4.98 Å². The largest absolute Gasteiger partial charge is 0.487 e. The van der Waals surface area contributed by atoms with Crippen molar-refractivity contribution in [3.05, 3.63) is 58.4 Å². The highest BCUT2D eigenvalue weighted by atomic mass is 79.9. The Labute approximate surface area is 123 Å². The Bertz CT molecular complexity index is 561. The van der Waals surface area contributed by atoms with Crippen LogP contribution >= 0.6 is 15.9 Å². The first-order chi connectivity index (χ1) is 9.11. The summed E-state index contributed by atoms with van der Waals surface area (Å²) in [4.78, 5) is 4.48. The second kappa shape index (κ2) is 6.20. The molecule has 0 fully saturated rings. The van der Waals surface area contributed by atoms with Gasteiger partial charge in [0, 0.05) is 11.0 Å². The van der Waals surface area contributed by atoms with Gasteiger partial charge in [0.05, 0.1) is 5.69 Å². The third kappa shape index (κ3) is 3.35. The number of halogens is 1. The number of benzene rings is 1. The average molecular weight is 320 g/mol. The van der Waals surface area contributed by atoms with E-state index >= 15 is 0 Å². The lowest BCUT2D eigenvalue weighted by Gasteiger charge is -2.13. The fourth-order valence-electron chi connectivity index (χ4n) is 2.05. The molecule has 0 atom stereocenters. The van der Waals surface area contributed by atoms with Gasteiger partial charge in [-0.1, -0.05) is 34.1 Å². The fourth-order valence-corrected chi connectivity index (χ4v) is 2.45. The topological polar surface area (TPSA) is 22.1 Å². The summed E-state index contributed by atoms with van der Waals surface area (Å²) in [6.45, 7) is 6.81. The van der Waals surface area contributed by atoms with Crippen LogP contribution in [0.5, 0.6) is 5.75 Å². The van der Waals surface area contributed by atoms with E-state index in [1.54, 1.807) is 0 Å². The monoisotopic (exact) mass is 319 g/mol. The molecule has 2 nitrogen and oxygen atoms in total. The molecule has 0 radical (unpaired) electrons. The second-order valence-electron chi connectivity index (χ2n) is 4.69. The molecule has 0 unspecified atom stereocenters. The van der Waals surface area contributed by atoms with Crippen LogP contribution in [0.1, 0.15) is 28.1 Å². The van der Waals surface area contributed by atoms with Crippen molar-refractivity contribution in [2.24, 2.45) is 0 Å². The van der Waals surface area contributed by atoms with Crippen LogP contribution in [0.2, 0.25) is 0 Å². The van der Waals surface area contributed by atoms with Gasteiger partial charge in [-0.05, 0) is 49.6 Å². The third-order valence-corrected chi connectivity index (χ3v) is 3.75. The molecule has 0 bridgehead atoms. The van der Waals surface area contributed by atoms with Crippen molar-refractivity contribution in [3.8, 4) is 5.75 Å².